The molecule has 4 aromatic rings. The number of rotatable bonds is 5. The Kier molecular flexibility index (Phi) is 5.23. The van der Waals surface area contributed by atoms with Gasteiger partial charge >= 0.3 is 0 Å². The van der Waals surface area contributed by atoms with E-state index < -0.39 is 0 Å². The first-order valence-corrected chi connectivity index (χ1v) is 10.1. The minimum atomic E-state index is -0.117. The summed E-state index contributed by atoms with van der Waals surface area (Å²) in [5.41, 5.74) is 4.54. The first-order valence-electron chi connectivity index (χ1n) is 10.1. The molecular formula is C21H23N9O. The van der Waals surface area contributed by atoms with Gasteiger partial charge < -0.3 is 4.74 Å². The number of tetrazole rings is 1. The Balaban J connectivity index is 1.32. The summed E-state index contributed by atoms with van der Waals surface area (Å²) in [5, 5.41) is 19.5. The van der Waals surface area contributed by atoms with Gasteiger partial charge in [-0.3, -0.25) is 9.47 Å². The van der Waals surface area contributed by atoms with Crippen molar-refractivity contribution in [3.63, 3.8) is 0 Å². The Bertz CT molecular complexity index is 1170. The van der Waals surface area contributed by atoms with E-state index >= 15 is 0 Å². The van der Waals surface area contributed by atoms with Crippen LogP contribution >= 0.6 is 0 Å². The van der Waals surface area contributed by atoms with E-state index in [0.717, 1.165) is 48.0 Å². The summed E-state index contributed by atoms with van der Waals surface area (Å²) in [6.45, 7) is 5.17. The highest BCUT2D eigenvalue weighted by Gasteiger charge is 2.26. The fourth-order valence-corrected chi connectivity index (χ4v) is 3.92. The first kappa shape index (κ1) is 19.5. The van der Waals surface area contributed by atoms with Crippen LogP contribution in [0.25, 0.3) is 16.9 Å². The van der Waals surface area contributed by atoms with Gasteiger partial charge in [-0.25, -0.2) is 9.67 Å². The Labute approximate surface area is 179 Å². The maximum Gasteiger partial charge on any atom is 0.181 e. The van der Waals surface area contributed by atoms with Gasteiger partial charge in [-0.2, -0.15) is 0 Å². The van der Waals surface area contributed by atoms with Crippen molar-refractivity contribution in [3.05, 3.63) is 66.1 Å². The number of nitrogens with zero attached hydrogens (tertiary/aromatic N) is 9. The molecule has 0 aliphatic carbocycles. The van der Waals surface area contributed by atoms with E-state index in [1.807, 2.05) is 24.7 Å². The maximum atomic E-state index is 5.90. The van der Waals surface area contributed by atoms with Gasteiger partial charge in [0.25, 0.3) is 0 Å². The largest absolute Gasteiger partial charge is 0.367 e. The lowest BCUT2D eigenvalue weighted by Gasteiger charge is -2.32. The van der Waals surface area contributed by atoms with Crippen molar-refractivity contribution >= 4 is 0 Å². The van der Waals surface area contributed by atoms with Gasteiger partial charge in [-0.05, 0) is 46.2 Å². The predicted molar refractivity (Wildman–Crippen MR) is 112 cm³/mol. The number of aryl methyl sites for hydroxylation is 2. The molecule has 1 aliphatic rings. The van der Waals surface area contributed by atoms with E-state index in [-0.39, 0.29) is 6.10 Å². The molecule has 0 saturated carbocycles. The minimum absolute atomic E-state index is 0.117. The van der Waals surface area contributed by atoms with Crippen molar-refractivity contribution < 1.29 is 4.74 Å². The van der Waals surface area contributed by atoms with E-state index in [0.29, 0.717) is 6.61 Å². The van der Waals surface area contributed by atoms with E-state index in [9.17, 15) is 0 Å². The molecule has 1 aliphatic heterocycles. The van der Waals surface area contributed by atoms with Crippen LogP contribution in [0.4, 0.5) is 0 Å². The zero-order valence-corrected chi connectivity index (χ0v) is 17.5. The van der Waals surface area contributed by atoms with Crippen LogP contribution in [0.15, 0.2) is 49.2 Å². The summed E-state index contributed by atoms with van der Waals surface area (Å²) in [4.78, 5) is 7.00. The van der Waals surface area contributed by atoms with E-state index in [2.05, 4.69) is 65.9 Å². The molecule has 0 amide bonds. The quantitative estimate of drug-likeness (QED) is 0.484. The molecule has 0 bridgehead atoms. The van der Waals surface area contributed by atoms with Gasteiger partial charge in [0.15, 0.2) is 5.82 Å². The average Bonchev–Trinajstić information content (AvgIpc) is 3.46. The molecule has 0 spiro atoms. The molecule has 0 N–H and O–H groups in total. The molecule has 1 atom stereocenters. The fraction of sp³-hybridized carbons (Fsp3) is 0.333. The molecule has 4 heterocycles. The van der Waals surface area contributed by atoms with Crippen molar-refractivity contribution in [3.8, 4) is 16.9 Å². The van der Waals surface area contributed by atoms with Crippen molar-refractivity contribution in [1.82, 2.24) is 44.9 Å². The number of benzene rings is 1. The van der Waals surface area contributed by atoms with Gasteiger partial charge in [0.2, 0.25) is 0 Å². The zero-order chi connectivity index (χ0) is 21.2. The third-order valence-electron chi connectivity index (χ3n) is 5.47. The van der Waals surface area contributed by atoms with E-state index in [1.54, 1.807) is 17.3 Å². The van der Waals surface area contributed by atoms with Crippen LogP contribution in [-0.2, 0) is 18.3 Å². The molecule has 10 nitrogen and oxygen atoms in total. The SMILES string of the molecule is Cc1cc(-c2cccc(CN3CCOC(c4nnnn4C)C3)c2)cnc1-n1cnnc1. The molecule has 5 rings (SSSR count). The Morgan fingerprint density at radius 2 is 2.00 bits per heavy atom. The lowest BCUT2D eigenvalue weighted by molar-refractivity contribution is -0.0388. The minimum Gasteiger partial charge on any atom is -0.367 e. The second-order valence-corrected chi connectivity index (χ2v) is 7.69. The van der Waals surface area contributed by atoms with Crippen LogP contribution in [0.3, 0.4) is 0 Å². The van der Waals surface area contributed by atoms with Crippen molar-refractivity contribution in [2.24, 2.45) is 7.05 Å². The third kappa shape index (κ3) is 4.07. The number of hydrogen-bond donors (Lipinski definition) is 0. The molecule has 1 unspecified atom stereocenters. The normalized spacial score (nSPS) is 17.2. The highest BCUT2D eigenvalue weighted by molar-refractivity contribution is 5.65. The van der Waals surface area contributed by atoms with Crippen molar-refractivity contribution in [2.45, 2.75) is 19.6 Å². The molecule has 158 valence electrons. The molecule has 1 saturated heterocycles. The van der Waals surface area contributed by atoms with Crippen LogP contribution < -0.4 is 0 Å². The number of pyridine rings is 1. The third-order valence-corrected chi connectivity index (χ3v) is 5.47. The Hall–Kier alpha value is -3.50. The summed E-state index contributed by atoms with van der Waals surface area (Å²) in [5.74, 6) is 1.59. The summed E-state index contributed by atoms with van der Waals surface area (Å²) in [6, 6.07) is 10.7. The molecular weight excluding hydrogens is 394 g/mol. The van der Waals surface area contributed by atoms with Gasteiger partial charge in [0, 0.05) is 38.4 Å². The van der Waals surface area contributed by atoms with Gasteiger partial charge in [-0.1, -0.05) is 18.2 Å². The number of aromatic nitrogens is 8. The summed E-state index contributed by atoms with van der Waals surface area (Å²) < 4.78 is 9.39. The van der Waals surface area contributed by atoms with Crippen molar-refractivity contribution in [1.29, 1.82) is 0 Å². The second-order valence-electron chi connectivity index (χ2n) is 7.69. The maximum absolute atomic E-state index is 5.90. The second kappa shape index (κ2) is 8.32. The number of hydrogen-bond acceptors (Lipinski definition) is 8. The number of ether oxygens (including phenoxy) is 1. The van der Waals surface area contributed by atoms with Crippen LogP contribution in [0, 0.1) is 6.92 Å². The zero-order valence-electron chi connectivity index (χ0n) is 17.5. The van der Waals surface area contributed by atoms with Crippen LogP contribution in [0.2, 0.25) is 0 Å². The molecule has 1 aromatic carbocycles. The number of morpholine rings is 1. The molecule has 3 aromatic heterocycles. The Morgan fingerprint density at radius 3 is 2.77 bits per heavy atom. The predicted octanol–water partition coefficient (Wildman–Crippen LogP) is 1.73. The molecule has 1 fully saturated rings. The molecule has 31 heavy (non-hydrogen) atoms. The topological polar surface area (TPSA) is 99.7 Å². The van der Waals surface area contributed by atoms with Crippen molar-refractivity contribution in [2.75, 3.05) is 19.7 Å². The van der Waals surface area contributed by atoms with Crippen LogP contribution in [0.5, 0.6) is 0 Å². The smallest absolute Gasteiger partial charge is 0.181 e. The van der Waals surface area contributed by atoms with Gasteiger partial charge in [0.05, 0.1) is 6.61 Å². The standard InChI is InChI=1S/C21H23N9O/c1-15-8-18(10-22-20(15)30-13-23-24-14-30)17-5-3-4-16(9-17)11-29-6-7-31-19(12-29)21-25-26-27-28(21)2/h3-5,8-10,13-14,19H,6-7,11-12H2,1-2H3. The summed E-state index contributed by atoms with van der Waals surface area (Å²) in [6.07, 6.45) is 5.09. The van der Waals surface area contributed by atoms with Crippen LogP contribution in [-0.4, -0.2) is 64.6 Å². The molecule has 10 heteroatoms. The summed E-state index contributed by atoms with van der Waals surface area (Å²) >= 11 is 0. The first-order chi connectivity index (χ1) is 15.2. The van der Waals surface area contributed by atoms with E-state index in [4.69, 9.17) is 4.74 Å². The highest BCUT2D eigenvalue weighted by Crippen LogP contribution is 2.25. The highest BCUT2D eigenvalue weighted by atomic mass is 16.5. The Morgan fingerprint density at radius 1 is 1.13 bits per heavy atom. The average molecular weight is 417 g/mol. The monoisotopic (exact) mass is 417 g/mol. The lowest BCUT2D eigenvalue weighted by Crippen LogP contribution is -2.38. The summed E-state index contributed by atoms with van der Waals surface area (Å²) in [7, 11) is 1.84. The van der Waals surface area contributed by atoms with E-state index in [1.165, 1.54) is 5.56 Å². The molecule has 0 radical (unpaired) electrons. The van der Waals surface area contributed by atoms with Gasteiger partial charge in [-0.15, -0.1) is 15.3 Å². The fourth-order valence-electron chi connectivity index (χ4n) is 3.92. The van der Waals surface area contributed by atoms with Gasteiger partial charge in [0.1, 0.15) is 24.6 Å². The van der Waals surface area contributed by atoms with Crippen LogP contribution in [0.1, 0.15) is 23.1 Å². The lowest BCUT2D eigenvalue weighted by atomic mass is 10.0.